The van der Waals surface area contributed by atoms with Crippen molar-refractivity contribution < 1.29 is 14.9 Å². The van der Waals surface area contributed by atoms with Gasteiger partial charge in [0.15, 0.2) is 11.5 Å². The lowest BCUT2D eigenvalue weighted by Crippen LogP contribution is -1.99. The Balaban J connectivity index is 0.000000221. The Morgan fingerprint density at radius 1 is 0.893 bits per heavy atom. The Morgan fingerprint density at radius 2 is 1.46 bits per heavy atom. The van der Waals surface area contributed by atoms with Crippen LogP contribution in [0.2, 0.25) is 0 Å². The van der Waals surface area contributed by atoms with Crippen molar-refractivity contribution >= 4 is 0 Å². The highest BCUT2D eigenvalue weighted by Gasteiger charge is 2.13. The highest BCUT2D eigenvalue weighted by Crippen LogP contribution is 2.25. The first-order valence-corrected chi connectivity index (χ1v) is 9.53. The van der Waals surface area contributed by atoms with Crippen LogP contribution in [0.3, 0.4) is 0 Å². The number of aromatic nitrogens is 4. The van der Waals surface area contributed by atoms with Crippen LogP contribution < -0.4 is 4.74 Å². The fraction of sp³-hybridized carbons (Fsp3) is 0.429. The molecule has 28 heavy (non-hydrogen) atoms. The maximum atomic E-state index is 9.87. The van der Waals surface area contributed by atoms with Crippen molar-refractivity contribution in [3.05, 3.63) is 47.0 Å². The molecule has 0 saturated heterocycles. The van der Waals surface area contributed by atoms with Gasteiger partial charge in [-0.05, 0) is 50.5 Å². The van der Waals surface area contributed by atoms with Crippen molar-refractivity contribution in [3.63, 3.8) is 0 Å². The van der Waals surface area contributed by atoms with Gasteiger partial charge in [-0.3, -0.25) is 4.68 Å². The van der Waals surface area contributed by atoms with E-state index >= 15 is 0 Å². The number of nitrogens with zero attached hydrogens (tertiary/aromatic N) is 4. The van der Waals surface area contributed by atoms with Crippen molar-refractivity contribution in [1.82, 2.24) is 19.6 Å². The minimum atomic E-state index is 0.281. The molecule has 0 saturated carbocycles. The van der Waals surface area contributed by atoms with Gasteiger partial charge in [-0.15, -0.1) is 0 Å². The second-order valence-electron chi connectivity index (χ2n) is 6.42. The Kier molecular flexibility index (Phi) is 7.09. The van der Waals surface area contributed by atoms with Crippen LogP contribution >= 0.6 is 0 Å². The molecule has 7 nitrogen and oxygen atoms in total. The summed E-state index contributed by atoms with van der Waals surface area (Å²) in [5.41, 5.74) is 4.11. The topological polar surface area (TPSA) is 85.3 Å². The fourth-order valence-electron chi connectivity index (χ4n) is 3.01. The molecular formula is C21H30N4O3. The van der Waals surface area contributed by atoms with Crippen LogP contribution in [0, 0.1) is 6.92 Å². The van der Waals surface area contributed by atoms with Crippen LogP contribution in [0.15, 0.2) is 24.3 Å². The third-order valence-corrected chi connectivity index (χ3v) is 4.68. The molecule has 0 fully saturated rings. The lowest BCUT2D eigenvalue weighted by molar-refractivity contribution is 0.414. The first kappa shape index (κ1) is 21.3. The van der Waals surface area contributed by atoms with Gasteiger partial charge in [0, 0.05) is 7.05 Å². The Morgan fingerprint density at radius 3 is 1.86 bits per heavy atom. The standard InChI is InChI=1S/C13H16N2O2.C8H14N2O/c1-4-12-13(16)9(2)15(14-12)10-5-7-11(17-3)8-6-10;1-4-6-8(11)7(5-2)10(3)9-6/h5-8,16H,4H2,1-3H3;11H,4-5H2,1-3H3. The van der Waals surface area contributed by atoms with Crippen LogP contribution in [0.4, 0.5) is 0 Å². The van der Waals surface area contributed by atoms with Crippen molar-refractivity contribution in [2.45, 2.75) is 47.0 Å². The van der Waals surface area contributed by atoms with E-state index in [2.05, 4.69) is 10.2 Å². The van der Waals surface area contributed by atoms with Crippen LogP contribution in [0.25, 0.3) is 5.69 Å². The summed E-state index contributed by atoms with van der Waals surface area (Å²) in [7, 11) is 3.49. The van der Waals surface area contributed by atoms with Crippen molar-refractivity contribution in [3.8, 4) is 22.9 Å². The predicted octanol–water partition coefficient (Wildman–Crippen LogP) is 3.71. The van der Waals surface area contributed by atoms with Crippen molar-refractivity contribution in [2.75, 3.05) is 7.11 Å². The van der Waals surface area contributed by atoms with E-state index in [1.165, 1.54) is 0 Å². The molecule has 0 bridgehead atoms. The van der Waals surface area contributed by atoms with E-state index < -0.39 is 0 Å². The summed E-state index contributed by atoms with van der Waals surface area (Å²) in [6.07, 6.45) is 2.34. The van der Waals surface area contributed by atoms with E-state index in [0.717, 1.165) is 53.5 Å². The van der Waals surface area contributed by atoms with Crippen LogP contribution in [-0.2, 0) is 26.3 Å². The maximum absolute atomic E-state index is 9.87. The van der Waals surface area contributed by atoms with Crippen LogP contribution in [0.1, 0.15) is 43.5 Å². The first-order valence-electron chi connectivity index (χ1n) is 9.53. The second-order valence-corrected chi connectivity index (χ2v) is 6.42. The zero-order chi connectivity index (χ0) is 20.8. The molecule has 0 radical (unpaired) electrons. The lowest BCUT2D eigenvalue weighted by atomic mass is 10.2. The van der Waals surface area contributed by atoms with Gasteiger partial charge in [-0.2, -0.15) is 10.2 Å². The number of benzene rings is 1. The average Bonchev–Trinajstić information content (AvgIpc) is 3.17. The van der Waals surface area contributed by atoms with E-state index in [1.54, 1.807) is 16.5 Å². The molecule has 1 aromatic carbocycles. The largest absolute Gasteiger partial charge is 0.504 e. The first-order chi connectivity index (χ1) is 13.4. The Hall–Kier alpha value is -2.96. The third kappa shape index (κ3) is 4.30. The van der Waals surface area contributed by atoms with E-state index in [4.69, 9.17) is 4.74 Å². The van der Waals surface area contributed by atoms with E-state index in [0.29, 0.717) is 5.75 Å². The second kappa shape index (κ2) is 9.30. The number of ether oxygens (including phenoxy) is 1. The van der Waals surface area contributed by atoms with Gasteiger partial charge in [0.2, 0.25) is 0 Å². The van der Waals surface area contributed by atoms with Gasteiger partial charge in [-0.25, -0.2) is 4.68 Å². The van der Waals surface area contributed by atoms with Gasteiger partial charge in [0.1, 0.15) is 17.1 Å². The molecule has 2 N–H and O–H groups in total. The molecule has 0 amide bonds. The number of aromatic hydroxyl groups is 2. The van der Waals surface area contributed by atoms with Crippen LogP contribution in [0.5, 0.6) is 17.2 Å². The van der Waals surface area contributed by atoms with Crippen molar-refractivity contribution in [1.29, 1.82) is 0 Å². The predicted molar refractivity (Wildman–Crippen MR) is 110 cm³/mol. The van der Waals surface area contributed by atoms with Crippen LogP contribution in [-0.4, -0.2) is 36.9 Å². The Bertz CT molecular complexity index is 911. The molecule has 3 aromatic rings. The summed E-state index contributed by atoms with van der Waals surface area (Å²) in [5.74, 6) is 1.46. The number of methoxy groups -OCH3 is 1. The lowest BCUT2D eigenvalue weighted by Gasteiger charge is -2.05. The number of rotatable bonds is 5. The minimum Gasteiger partial charge on any atom is -0.504 e. The summed E-state index contributed by atoms with van der Waals surface area (Å²) < 4.78 is 8.59. The number of hydrogen-bond acceptors (Lipinski definition) is 5. The maximum Gasteiger partial charge on any atom is 0.160 e. The summed E-state index contributed by atoms with van der Waals surface area (Å²) in [6, 6.07) is 7.58. The van der Waals surface area contributed by atoms with E-state index in [9.17, 15) is 10.2 Å². The highest BCUT2D eigenvalue weighted by molar-refractivity contribution is 5.42. The van der Waals surface area contributed by atoms with Crippen molar-refractivity contribution in [2.24, 2.45) is 7.05 Å². The molecule has 0 aliphatic carbocycles. The normalized spacial score (nSPS) is 10.5. The molecule has 0 unspecified atom stereocenters. The molecular weight excluding hydrogens is 356 g/mol. The smallest absolute Gasteiger partial charge is 0.160 e. The summed E-state index contributed by atoms with van der Waals surface area (Å²) in [5, 5.41) is 27.9. The van der Waals surface area contributed by atoms with E-state index in [-0.39, 0.29) is 5.75 Å². The summed E-state index contributed by atoms with van der Waals surface area (Å²) in [4.78, 5) is 0. The van der Waals surface area contributed by atoms with Gasteiger partial charge in [0.05, 0.1) is 24.2 Å². The monoisotopic (exact) mass is 386 g/mol. The molecule has 152 valence electrons. The molecule has 0 atom stereocenters. The van der Waals surface area contributed by atoms with E-state index in [1.807, 2.05) is 59.0 Å². The molecule has 3 rings (SSSR count). The zero-order valence-electron chi connectivity index (χ0n) is 17.5. The molecule has 0 spiro atoms. The number of hydrogen-bond donors (Lipinski definition) is 2. The Labute approximate surface area is 166 Å². The number of aryl methyl sites for hydroxylation is 3. The zero-order valence-corrected chi connectivity index (χ0v) is 17.5. The SMILES string of the molecule is CCc1nn(-c2ccc(OC)cc2)c(C)c1O.CCc1nn(C)c(CC)c1O. The molecule has 2 aromatic heterocycles. The third-order valence-electron chi connectivity index (χ3n) is 4.68. The summed E-state index contributed by atoms with van der Waals surface area (Å²) in [6.45, 7) is 7.82. The molecule has 0 aliphatic rings. The molecule has 7 heteroatoms. The van der Waals surface area contributed by atoms with Gasteiger partial charge < -0.3 is 14.9 Å². The quantitative estimate of drug-likeness (QED) is 0.698. The summed E-state index contributed by atoms with van der Waals surface area (Å²) >= 11 is 0. The average molecular weight is 386 g/mol. The van der Waals surface area contributed by atoms with Gasteiger partial charge in [-0.1, -0.05) is 20.8 Å². The fourth-order valence-corrected chi connectivity index (χ4v) is 3.01. The molecule has 2 heterocycles. The highest BCUT2D eigenvalue weighted by atomic mass is 16.5. The van der Waals surface area contributed by atoms with Gasteiger partial charge >= 0.3 is 0 Å². The molecule has 0 aliphatic heterocycles. The minimum absolute atomic E-state index is 0.281. The van der Waals surface area contributed by atoms with Gasteiger partial charge in [0.25, 0.3) is 0 Å².